The third kappa shape index (κ3) is 8.76. The molecule has 1 N–H and O–H groups in total. The second kappa shape index (κ2) is 11.4. The van der Waals surface area contributed by atoms with Gasteiger partial charge in [-0.25, -0.2) is 9.59 Å². The minimum Gasteiger partial charge on any atom is -0.463 e. The highest BCUT2D eigenvalue weighted by atomic mass is 16.6. The van der Waals surface area contributed by atoms with Gasteiger partial charge in [0.1, 0.15) is 11.6 Å². The van der Waals surface area contributed by atoms with Gasteiger partial charge in [-0.15, -0.1) is 0 Å². The first-order chi connectivity index (χ1) is 13.6. The number of likely N-dealkylation sites (N-methyl/N-ethyl adjacent to an activating group) is 1. The number of nitrogens with one attached hydrogen (secondary N) is 1. The molecular formula is C23H42N2O5. The van der Waals surface area contributed by atoms with Gasteiger partial charge < -0.3 is 19.7 Å². The fourth-order valence-corrected chi connectivity index (χ4v) is 2.89. The van der Waals surface area contributed by atoms with Crippen LogP contribution < -0.4 is 5.32 Å². The van der Waals surface area contributed by atoms with Crippen LogP contribution in [0.15, 0.2) is 11.6 Å². The number of amides is 2. The molecule has 0 rings (SSSR count). The molecule has 0 aliphatic heterocycles. The summed E-state index contributed by atoms with van der Waals surface area (Å²) in [5, 5.41) is 2.77. The molecule has 0 aromatic rings. The first-order valence-electron chi connectivity index (χ1n) is 10.7. The quantitative estimate of drug-likeness (QED) is 0.439. The van der Waals surface area contributed by atoms with E-state index in [1.54, 1.807) is 52.6 Å². The van der Waals surface area contributed by atoms with Crippen molar-refractivity contribution in [2.45, 2.75) is 93.3 Å². The van der Waals surface area contributed by atoms with Gasteiger partial charge in [-0.2, -0.15) is 0 Å². The van der Waals surface area contributed by atoms with E-state index in [9.17, 15) is 14.4 Å². The van der Waals surface area contributed by atoms with Gasteiger partial charge in [0.05, 0.1) is 12.6 Å². The van der Waals surface area contributed by atoms with E-state index in [1.807, 2.05) is 34.6 Å². The molecule has 0 saturated carbocycles. The van der Waals surface area contributed by atoms with E-state index >= 15 is 0 Å². The number of hydrogen-bond donors (Lipinski definition) is 1. The Balaban J connectivity index is 5.85. The number of carbonyl (C=O) groups excluding carboxylic acids is 3. The number of rotatable bonds is 9. The molecule has 0 aliphatic carbocycles. The van der Waals surface area contributed by atoms with Crippen molar-refractivity contribution in [3.63, 3.8) is 0 Å². The van der Waals surface area contributed by atoms with Crippen LogP contribution in [0.3, 0.4) is 0 Å². The Labute approximate surface area is 182 Å². The average molecular weight is 427 g/mol. The van der Waals surface area contributed by atoms with Gasteiger partial charge >= 0.3 is 12.1 Å². The summed E-state index contributed by atoms with van der Waals surface area (Å²) in [6, 6.07) is -1.11. The van der Waals surface area contributed by atoms with Crippen molar-refractivity contribution in [1.82, 2.24) is 10.2 Å². The molecule has 0 aromatic heterocycles. The average Bonchev–Trinajstić information content (AvgIpc) is 2.61. The molecule has 0 unspecified atom stereocenters. The molecule has 0 heterocycles. The van der Waals surface area contributed by atoms with Gasteiger partial charge in [0.25, 0.3) is 0 Å². The number of ether oxygens (including phenoxy) is 2. The molecule has 0 spiro atoms. The third-order valence-corrected chi connectivity index (χ3v) is 5.10. The van der Waals surface area contributed by atoms with Gasteiger partial charge in [-0.1, -0.05) is 40.7 Å². The molecule has 7 nitrogen and oxygen atoms in total. The van der Waals surface area contributed by atoms with Crippen LogP contribution >= 0.6 is 0 Å². The Hall–Kier alpha value is -2.05. The summed E-state index contributed by atoms with van der Waals surface area (Å²) in [5.41, 5.74) is -0.717. The van der Waals surface area contributed by atoms with E-state index in [2.05, 4.69) is 5.32 Å². The third-order valence-electron chi connectivity index (χ3n) is 5.10. The van der Waals surface area contributed by atoms with Crippen LogP contribution in [0.4, 0.5) is 4.79 Å². The molecular weight excluding hydrogens is 384 g/mol. The van der Waals surface area contributed by atoms with Crippen LogP contribution in [-0.2, 0) is 19.1 Å². The summed E-state index contributed by atoms with van der Waals surface area (Å²) in [4.78, 5) is 39.5. The lowest BCUT2D eigenvalue weighted by Crippen LogP contribution is -2.57. The van der Waals surface area contributed by atoms with Gasteiger partial charge in [-0.3, -0.25) is 4.79 Å². The zero-order valence-corrected chi connectivity index (χ0v) is 20.7. The largest absolute Gasteiger partial charge is 0.463 e. The molecule has 174 valence electrons. The van der Waals surface area contributed by atoms with E-state index < -0.39 is 29.1 Å². The fraction of sp³-hybridized carbons (Fsp3) is 0.783. The molecule has 2 amide bonds. The second-order valence-corrected chi connectivity index (χ2v) is 9.68. The fourth-order valence-electron chi connectivity index (χ4n) is 2.89. The highest BCUT2D eigenvalue weighted by Gasteiger charge is 2.39. The van der Waals surface area contributed by atoms with E-state index in [-0.39, 0.29) is 24.5 Å². The summed E-state index contributed by atoms with van der Waals surface area (Å²) >= 11 is 0. The smallest absolute Gasteiger partial charge is 0.408 e. The first-order valence-corrected chi connectivity index (χ1v) is 10.7. The molecule has 0 saturated heterocycles. The van der Waals surface area contributed by atoms with Crippen LogP contribution in [0.2, 0.25) is 0 Å². The van der Waals surface area contributed by atoms with Crippen molar-refractivity contribution >= 4 is 18.0 Å². The molecule has 0 bridgehead atoms. The summed E-state index contributed by atoms with van der Waals surface area (Å²) in [7, 11) is 1.69. The summed E-state index contributed by atoms with van der Waals surface area (Å²) in [6.07, 6.45) is 1.80. The lowest BCUT2D eigenvalue weighted by Gasteiger charge is -2.39. The highest BCUT2D eigenvalue weighted by molar-refractivity contribution is 5.89. The number of carbonyl (C=O) groups is 3. The predicted molar refractivity (Wildman–Crippen MR) is 119 cm³/mol. The lowest BCUT2D eigenvalue weighted by atomic mass is 9.80. The van der Waals surface area contributed by atoms with Gasteiger partial charge in [0, 0.05) is 12.6 Å². The Morgan fingerprint density at radius 2 is 1.60 bits per heavy atom. The summed E-state index contributed by atoms with van der Waals surface area (Å²) in [5.74, 6) is -0.587. The minimum atomic E-state index is -0.778. The summed E-state index contributed by atoms with van der Waals surface area (Å²) in [6.45, 7) is 18.8. The normalized spacial score (nSPS) is 14.7. The number of alkyl carbamates (subject to hydrolysis) is 1. The van der Waals surface area contributed by atoms with Crippen molar-refractivity contribution in [3.05, 3.63) is 11.6 Å². The van der Waals surface area contributed by atoms with E-state index in [0.717, 1.165) is 0 Å². The van der Waals surface area contributed by atoms with E-state index in [4.69, 9.17) is 9.47 Å². The number of hydrogen-bond acceptors (Lipinski definition) is 5. The maximum Gasteiger partial charge on any atom is 0.408 e. The van der Waals surface area contributed by atoms with Crippen molar-refractivity contribution in [3.8, 4) is 0 Å². The van der Waals surface area contributed by atoms with Gasteiger partial charge in [-0.05, 0) is 52.4 Å². The van der Waals surface area contributed by atoms with Crippen molar-refractivity contribution in [1.29, 1.82) is 0 Å². The zero-order valence-electron chi connectivity index (χ0n) is 20.7. The Kier molecular flexibility index (Phi) is 10.6. The molecule has 0 aromatic carbocycles. The molecule has 0 fully saturated rings. The highest BCUT2D eigenvalue weighted by Crippen LogP contribution is 2.28. The molecule has 0 radical (unpaired) electrons. The van der Waals surface area contributed by atoms with Gasteiger partial charge in [0.15, 0.2) is 0 Å². The maximum absolute atomic E-state index is 13.5. The topological polar surface area (TPSA) is 84.9 Å². The predicted octanol–water partition coefficient (Wildman–Crippen LogP) is 4.31. The van der Waals surface area contributed by atoms with Crippen LogP contribution in [0.25, 0.3) is 0 Å². The van der Waals surface area contributed by atoms with Crippen molar-refractivity contribution < 1.29 is 23.9 Å². The maximum atomic E-state index is 13.5. The minimum absolute atomic E-state index is 0.0511. The monoisotopic (exact) mass is 426 g/mol. The van der Waals surface area contributed by atoms with Crippen molar-refractivity contribution in [2.75, 3.05) is 13.7 Å². The Morgan fingerprint density at radius 3 is 2.00 bits per heavy atom. The van der Waals surface area contributed by atoms with Crippen molar-refractivity contribution in [2.24, 2.45) is 11.3 Å². The van der Waals surface area contributed by atoms with Crippen LogP contribution in [0.5, 0.6) is 0 Å². The van der Waals surface area contributed by atoms with Crippen LogP contribution in [0.1, 0.15) is 75.7 Å². The summed E-state index contributed by atoms with van der Waals surface area (Å²) < 4.78 is 10.4. The lowest BCUT2D eigenvalue weighted by molar-refractivity contribution is -0.139. The molecule has 7 heteroatoms. The van der Waals surface area contributed by atoms with Crippen LogP contribution in [0, 0.1) is 11.3 Å². The molecule has 2 atom stereocenters. The van der Waals surface area contributed by atoms with Crippen LogP contribution in [-0.4, -0.2) is 54.2 Å². The number of esters is 1. The Bertz CT molecular complexity index is 632. The zero-order chi connectivity index (χ0) is 23.9. The Morgan fingerprint density at radius 1 is 1.07 bits per heavy atom. The molecule has 0 aliphatic rings. The second-order valence-electron chi connectivity index (χ2n) is 9.68. The molecule has 30 heavy (non-hydrogen) atoms. The first kappa shape index (κ1) is 27.9. The number of nitrogens with zero attached hydrogens (tertiary/aromatic N) is 1. The van der Waals surface area contributed by atoms with E-state index in [0.29, 0.717) is 12.0 Å². The standard InChI is InChI=1S/C23H42N2O5/c1-12-23(9,10)18(24-21(28)30-22(6,7)8)19(26)25(11)17(15(3)4)14-16(5)20(27)29-13-2/h14-15,17-18H,12-13H2,1-11H3,(H,24,28)/t17-,18-/m1/s1. The van der Waals surface area contributed by atoms with Gasteiger partial charge in [0.2, 0.25) is 5.91 Å². The van der Waals surface area contributed by atoms with E-state index in [1.165, 1.54) is 0 Å². The SMILES string of the molecule is CCOC(=O)C(C)=C[C@H](C(C)C)N(C)C(=O)[C@@H](NC(=O)OC(C)(C)C)C(C)(C)CC.